The summed E-state index contributed by atoms with van der Waals surface area (Å²) in [6.45, 7) is 0.845. The van der Waals surface area contributed by atoms with Gasteiger partial charge in [-0.05, 0) is 24.0 Å². The molecule has 0 aliphatic heterocycles. The summed E-state index contributed by atoms with van der Waals surface area (Å²) in [4.78, 5) is 11.4. The summed E-state index contributed by atoms with van der Waals surface area (Å²) in [5.74, 6) is -0.174. The van der Waals surface area contributed by atoms with E-state index in [0.717, 1.165) is 12.1 Å². The van der Waals surface area contributed by atoms with Crippen LogP contribution in [0.1, 0.15) is 49.7 Å². The number of hydrogen-bond acceptors (Lipinski definition) is 3. The molecule has 20 heavy (non-hydrogen) atoms. The minimum atomic E-state index is -0.174. The van der Waals surface area contributed by atoms with Crippen LogP contribution in [0.25, 0.3) is 0 Å². The fourth-order valence-corrected chi connectivity index (χ4v) is 2.87. The Bertz CT molecular complexity index is 423. The molecular weight excluding hydrogens is 250 g/mol. The number of hydrogen-bond donors (Lipinski definition) is 1. The first kappa shape index (κ1) is 15.0. The maximum atomic E-state index is 11.4. The Morgan fingerprint density at radius 1 is 1.15 bits per heavy atom. The molecule has 3 heteroatoms. The molecule has 1 fully saturated rings. The number of methoxy groups -OCH3 is 1. The number of rotatable bonds is 5. The Kier molecular flexibility index (Phi) is 6.06. The monoisotopic (exact) mass is 275 g/mol. The van der Waals surface area contributed by atoms with Gasteiger partial charge < -0.3 is 10.1 Å². The highest BCUT2D eigenvalue weighted by Crippen LogP contribution is 2.18. The number of esters is 1. The maximum Gasteiger partial charge on any atom is 0.309 e. The van der Waals surface area contributed by atoms with Crippen molar-refractivity contribution in [3.63, 3.8) is 0 Å². The third kappa shape index (κ3) is 4.64. The van der Waals surface area contributed by atoms with Gasteiger partial charge in [-0.2, -0.15) is 0 Å². The molecule has 1 aromatic rings. The molecule has 110 valence electrons. The lowest BCUT2D eigenvalue weighted by molar-refractivity contribution is -0.139. The zero-order valence-electron chi connectivity index (χ0n) is 12.4. The molecule has 3 nitrogen and oxygen atoms in total. The molecule has 0 amide bonds. The highest BCUT2D eigenvalue weighted by atomic mass is 16.5. The summed E-state index contributed by atoms with van der Waals surface area (Å²) in [6.07, 6.45) is 8.33. The van der Waals surface area contributed by atoms with Crippen molar-refractivity contribution in [2.24, 2.45) is 0 Å². The minimum Gasteiger partial charge on any atom is -0.469 e. The fraction of sp³-hybridized carbons (Fsp3) is 0.588. The van der Waals surface area contributed by atoms with Gasteiger partial charge in [0.1, 0.15) is 0 Å². The molecule has 1 aliphatic rings. The lowest BCUT2D eigenvalue weighted by atomic mass is 10.0. The molecule has 0 heterocycles. The molecule has 2 rings (SSSR count). The first-order valence-corrected chi connectivity index (χ1v) is 7.66. The van der Waals surface area contributed by atoms with Crippen molar-refractivity contribution in [2.75, 3.05) is 7.11 Å². The lowest BCUT2D eigenvalue weighted by Gasteiger charge is -2.17. The van der Waals surface area contributed by atoms with Crippen molar-refractivity contribution in [1.29, 1.82) is 0 Å². The second-order valence-corrected chi connectivity index (χ2v) is 5.59. The molecule has 1 aliphatic carbocycles. The van der Waals surface area contributed by atoms with Gasteiger partial charge in [0, 0.05) is 12.6 Å². The van der Waals surface area contributed by atoms with Crippen LogP contribution in [-0.4, -0.2) is 19.1 Å². The molecule has 1 N–H and O–H groups in total. The normalized spacial score (nSPS) is 16.6. The third-order valence-electron chi connectivity index (χ3n) is 4.12. The molecule has 0 bridgehead atoms. The van der Waals surface area contributed by atoms with Gasteiger partial charge in [-0.15, -0.1) is 0 Å². The van der Waals surface area contributed by atoms with Crippen molar-refractivity contribution in [3.05, 3.63) is 35.4 Å². The summed E-state index contributed by atoms with van der Waals surface area (Å²) in [7, 11) is 1.44. The van der Waals surface area contributed by atoms with Crippen molar-refractivity contribution < 1.29 is 9.53 Å². The van der Waals surface area contributed by atoms with E-state index < -0.39 is 0 Å². The number of carbonyl (C=O) groups excluding carboxylic acids is 1. The lowest BCUT2D eigenvalue weighted by Crippen LogP contribution is -2.28. The first-order valence-electron chi connectivity index (χ1n) is 7.66. The smallest absolute Gasteiger partial charge is 0.309 e. The second kappa shape index (κ2) is 8.05. The molecule has 0 saturated heterocycles. The van der Waals surface area contributed by atoms with Gasteiger partial charge in [0.05, 0.1) is 13.5 Å². The van der Waals surface area contributed by atoms with Crippen LogP contribution in [-0.2, 0) is 22.5 Å². The average molecular weight is 275 g/mol. The number of nitrogens with one attached hydrogen (secondary N) is 1. The molecule has 0 spiro atoms. The summed E-state index contributed by atoms with van der Waals surface area (Å²) in [5, 5.41) is 3.66. The van der Waals surface area contributed by atoms with E-state index in [2.05, 4.69) is 11.4 Å². The number of carbonyl (C=O) groups is 1. The van der Waals surface area contributed by atoms with Crippen LogP contribution in [0.4, 0.5) is 0 Å². The van der Waals surface area contributed by atoms with Gasteiger partial charge in [0.15, 0.2) is 0 Å². The average Bonchev–Trinajstić information content (AvgIpc) is 2.75. The van der Waals surface area contributed by atoms with E-state index in [4.69, 9.17) is 4.74 Å². The predicted molar refractivity (Wildman–Crippen MR) is 80.5 cm³/mol. The number of benzene rings is 1. The van der Waals surface area contributed by atoms with Crippen molar-refractivity contribution in [2.45, 2.75) is 57.5 Å². The highest BCUT2D eigenvalue weighted by Gasteiger charge is 2.13. The van der Waals surface area contributed by atoms with Gasteiger partial charge >= 0.3 is 5.97 Å². The highest BCUT2D eigenvalue weighted by molar-refractivity contribution is 5.72. The van der Waals surface area contributed by atoms with Crippen molar-refractivity contribution in [1.82, 2.24) is 5.32 Å². The van der Waals surface area contributed by atoms with Gasteiger partial charge in [-0.1, -0.05) is 49.9 Å². The number of ether oxygens (including phenoxy) is 1. The summed E-state index contributed by atoms with van der Waals surface area (Å²) in [5.41, 5.74) is 2.28. The molecule has 0 unspecified atom stereocenters. The van der Waals surface area contributed by atoms with Crippen LogP contribution in [0, 0.1) is 0 Å². The standard InChI is InChI=1S/C17H25NO2/c1-20-17(19)12-14-8-6-7-9-15(14)13-18-16-10-4-2-3-5-11-16/h6-9,16,18H,2-5,10-13H2,1H3. The van der Waals surface area contributed by atoms with E-state index in [1.165, 1.54) is 51.2 Å². The minimum absolute atomic E-state index is 0.174. The van der Waals surface area contributed by atoms with E-state index in [1.807, 2.05) is 18.2 Å². The molecule has 0 radical (unpaired) electrons. The molecule has 0 aromatic heterocycles. The summed E-state index contributed by atoms with van der Waals surface area (Å²) >= 11 is 0. The SMILES string of the molecule is COC(=O)Cc1ccccc1CNC1CCCCCC1. The predicted octanol–water partition coefficient (Wildman–Crippen LogP) is 3.21. The Morgan fingerprint density at radius 2 is 1.80 bits per heavy atom. The van der Waals surface area contributed by atoms with Gasteiger partial charge in [-0.3, -0.25) is 4.79 Å². The zero-order chi connectivity index (χ0) is 14.2. The van der Waals surface area contributed by atoms with Crippen molar-refractivity contribution in [3.8, 4) is 0 Å². The molecule has 1 saturated carbocycles. The summed E-state index contributed by atoms with van der Waals surface area (Å²) in [6, 6.07) is 8.75. The Balaban J connectivity index is 1.92. The van der Waals surface area contributed by atoms with Gasteiger partial charge in [-0.25, -0.2) is 0 Å². The van der Waals surface area contributed by atoms with E-state index in [1.54, 1.807) is 0 Å². The zero-order valence-corrected chi connectivity index (χ0v) is 12.4. The Labute approximate surface area is 121 Å². The Hall–Kier alpha value is -1.35. The van der Waals surface area contributed by atoms with Crippen LogP contribution in [0.2, 0.25) is 0 Å². The fourth-order valence-electron chi connectivity index (χ4n) is 2.87. The summed E-state index contributed by atoms with van der Waals surface area (Å²) < 4.78 is 4.76. The Morgan fingerprint density at radius 3 is 2.45 bits per heavy atom. The van der Waals surface area contributed by atoms with Gasteiger partial charge in [0.25, 0.3) is 0 Å². The maximum absolute atomic E-state index is 11.4. The topological polar surface area (TPSA) is 38.3 Å². The van der Waals surface area contributed by atoms with Crippen LogP contribution in [0.3, 0.4) is 0 Å². The van der Waals surface area contributed by atoms with Crippen LogP contribution >= 0.6 is 0 Å². The largest absolute Gasteiger partial charge is 0.469 e. The van der Waals surface area contributed by atoms with Crippen LogP contribution in [0.5, 0.6) is 0 Å². The third-order valence-corrected chi connectivity index (χ3v) is 4.12. The van der Waals surface area contributed by atoms with E-state index in [-0.39, 0.29) is 5.97 Å². The quantitative estimate of drug-likeness (QED) is 0.662. The van der Waals surface area contributed by atoms with Crippen LogP contribution in [0.15, 0.2) is 24.3 Å². The van der Waals surface area contributed by atoms with E-state index >= 15 is 0 Å². The molecular formula is C17H25NO2. The molecule has 0 atom stereocenters. The van der Waals surface area contributed by atoms with Gasteiger partial charge in [0.2, 0.25) is 0 Å². The molecule has 1 aromatic carbocycles. The first-order chi connectivity index (χ1) is 9.79. The van der Waals surface area contributed by atoms with E-state index in [0.29, 0.717) is 12.5 Å². The second-order valence-electron chi connectivity index (χ2n) is 5.59. The van der Waals surface area contributed by atoms with Crippen molar-refractivity contribution >= 4 is 5.97 Å². The van der Waals surface area contributed by atoms with E-state index in [9.17, 15) is 4.79 Å². The van der Waals surface area contributed by atoms with Crippen LogP contribution < -0.4 is 5.32 Å².